The second-order valence-corrected chi connectivity index (χ2v) is 7.61. The van der Waals surface area contributed by atoms with Crippen LogP contribution in [-0.2, 0) is 11.8 Å². The first-order chi connectivity index (χ1) is 12.9. The maximum absolute atomic E-state index is 12.5. The van der Waals surface area contributed by atoms with Crippen molar-refractivity contribution in [2.45, 2.75) is 13.8 Å². The van der Waals surface area contributed by atoms with Crippen molar-refractivity contribution >= 4 is 45.3 Å². The molecule has 2 N–H and O–H groups in total. The number of benzene rings is 1. The number of aromatic nitrogens is 2. The molecule has 0 saturated carbocycles. The van der Waals surface area contributed by atoms with Crippen LogP contribution >= 0.6 is 23.6 Å². The number of thiophene rings is 1. The molecule has 8 heteroatoms. The average Bonchev–Trinajstić information content (AvgIpc) is 3.13. The van der Waals surface area contributed by atoms with Gasteiger partial charge in [-0.3, -0.25) is 4.68 Å². The van der Waals surface area contributed by atoms with Crippen LogP contribution in [0.5, 0.6) is 0 Å². The van der Waals surface area contributed by atoms with Crippen LogP contribution in [0.25, 0.3) is 11.1 Å². The van der Waals surface area contributed by atoms with Gasteiger partial charge in [-0.15, -0.1) is 11.3 Å². The van der Waals surface area contributed by atoms with Gasteiger partial charge >= 0.3 is 5.97 Å². The highest BCUT2D eigenvalue weighted by Gasteiger charge is 2.24. The molecule has 27 heavy (non-hydrogen) atoms. The molecule has 3 rings (SSSR count). The van der Waals surface area contributed by atoms with Gasteiger partial charge in [-0.2, -0.15) is 5.10 Å². The summed E-state index contributed by atoms with van der Waals surface area (Å²) < 4.78 is 6.74. The van der Waals surface area contributed by atoms with Crippen LogP contribution in [0, 0.1) is 13.8 Å². The van der Waals surface area contributed by atoms with Crippen LogP contribution in [-0.4, -0.2) is 28.0 Å². The van der Waals surface area contributed by atoms with Crippen LogP contribution in [0.2, 0.25) is 0 Å². The first-order valence-corrected chi connectivity index (χ1v) is 9.48. The van der Waals surface area contributed by atoms with E-state index in [4.69, 9.17) is 17.0 Å². The molecule has 0 aliphatic carbocycles. The second-order valence-electron chi connectivity index (χ2n) is 5.98. The highest BCUT2D eigenvalue weighted by atomic mass is 32.1. The van der Waals surface area contributed by atoms with Crippen molar-refractivity contribution in [2.24, 2.45) is 7.05 Å². The Labute approximate surface area is 167 Å². The molecule has 0 saturated heterocycles. The number of esters is 1. The lowest BCUT2D eigenvalue weighted by atomic mass is 10.0. The number of thiocarbonyl (C=S) groups is 1. The van der Waals surface area contributed by atoms with E-state index in [1.54, 1.807) is 4.68 Å². The quantitative estimate of drug-likeness (QED) is 0.501. The second kappa shape index (κ2) is 7.89. The fourth-order valence-corrected chi connectivity index (χ4v) is 4.21. The minimum absolute atomic E-state index is 0.386. The molecule has 2 aromatic heterocycles. The van der Waals surface area contributed by atoms with Crippen LogP contribution in [0.3, 0.4) is 0 Å². The summed E-state index contributed by atoms with van der Waals surface area (Å²) in [6, 6.07) is 9.77. The normalized spacial score (nSPS) is 10.5. The number of hydrogen-bond donors (Lipinski definition) is 2. The van der Waals surface area contributed by atoms with Crippen LogP contribution < -0.4 is 10.6 Å². The zero-order valence-electron chi connectivity index (χ0n) is 15.5. The van der Waals surface area contributed by atoms with Crippen molar-refractivity contribution in [1.82, 2.24) is 9.78 Å². The molecule has 0 radical (unpaired) electrons. The molecule has 140 valence electrons. The van der Waals surface area contributed by atoms with E-state index in [1.165, 1.54) is 18.4 Å². The molecule has 0 fully saturated rings. The number of rotatable bonds is 4. The van der Waals surface area contributed by atoms with E-state index in [2.05, 4.69) is 15.7 Å². The summed E-state index contributed by atoms with van der Waals surface area (Å²) in [6.45, 7) is 3.87. The number of carbonyl (C=O) groups excluding carboxylic acids is 1. The molecular weight excluding hydrogens is 380 g/mol. The molecule has 0 unspecified atom stereocenters. The Bertz CT molecular complexity index is 993. The van der Waals surface area contributed by atoms with Gasteiger partial charge in [0.25, 0.3) is 0 Å². The zero-order valence-corrected chi connectivity index (χ0v) is 17.1. The van der Waals surface area contributed by atoms with Gasteiger partial charge in [0, 0.05) is 23.7 Å². The summed E-state index contributed by atoms with van der Waals surface area (Å²) >= 11 is 6.90. The number of carbonyl (C=O) groups is 1. The van der Waals surface area contributed by atoms with E-state index in [-0.39, 0.29) is 0 Å². The van der Waals surface area contributed by atoms with Crippen molar-refractivity contribution in [1.29, 1.82) is 0 Å². The third-order valence-electron chi connectivity index (χ3n) is 4.02. The summed E-state index contributed by atoms with van der Waals surface area (Å²) in [5.74, 6) is -0.402. The summed E-state index contributed by atoms with van der Waals surface area (Å²) in [5.41, 5.74) is 3.95. The maximum atomic E-state index is 12.5. The molecule has 2 heterocycles. The number of nitrogens with zero attached hydrogens (tertiary/aromatic N) is 2. The monoisotopic (exact) mass is 400 g/mol. The third kappa shape index (κ3) is 4.01. The lowest BCUT2D eigenvalue weighted by molar-refractivity contribution is 0.0603. The molecule has 0 amide bonds. The standard InChI is InChI=1S/C19H20N4O2S2/c1-11-14(10-23(3)22-11)20-19(26)21-17-16(18(24)25-4)15(12(2)27-17)13-8-6-5-7-9-13/h5-10H,1-4H3,(H2,20,21,26). The third-order valence-corrected chi connectivity index (χ3v) is 5.25. The van der Waals surface area contributed by atoms with Crippen molar-refractivity contribution < 1.29 is 9.53 Å². The molecule has 0 aliphatic heterocycles. The Morgan fingerprint density at radius 1 is 1.22 bits per heavy atom. The van der Waals surface area contributed by atoms with E-state index < -0.39 is 5.97 Å². The van der Waals surface area contributed by atoms with E-state index in [1.807, 2.05) is 57.4 Å². The highest BCUT2D eigenvalue weighted by molar-refractivity contribution is 7.80. The van der Waals surface area contributed by atoms with E-state index in [0.717, 1.165) is 27.4 Å². The topological polar surface area (TPSA) is 68.2 Å². The van der Waals surface area contributed by atoms with Crippen LogP contribution in [0.15, 0.2) is 36.5 Å². The van der Waals surface area contributed by atoms with Gasteiger partial charge in [-0.1, -0.05) is 30.3 Å². The van der Waals surface area contributed by atoms with Gasteiger partial charge in [-0.05, 0) is 31.6 Å². The Morgan fingerprint density at radius 2 is 1.93 bits per heavy atom. The van der Waals surface area contributed by atoms with Gasteiger partial charge in [0.15, 0.2) is 5.11 Å². The minimum Gasteiger partial charge on any atom is -0.465 e. The molecule has 0 spiro atoms. The zero-order chi connectivity index (χ0) is 19.6. The molecule has 6 nitrogen and oxygen atoms in total. The van der Waals surface area contributed by atoms with E-state index in [0.29, 0.717) is 15.7 Å². The molecule has 1 aromatic carbocycles. The van der Waals surface area contributed by atoms with Crippen molar-refractivity contribution in [3.63, 3.8) is 0 Å². The van der Waals surface area contributed by atoms with Crippen LogP contribution in [0.4, 0.5) is 10.7 Å². The van der Waals surface area contributed by atoms with Gasteiger partial charge in [0.1, 0.15) is 10.6 Å². The molecular formula is C19H20N4O2S2. The largest absolute Gasteiger partial charge is 0.465 e. The highest BCUT2D eigenvalue weighted by Crippen LogP contribution is 2.40. The lowest BCUT2D eigenvalue weighted by Gasteiger charge is -2.10. The van der Waals surface area contributed by atoms with Crippen LogP contribution in [0.1, 0.15) is 20.9 Å². The van der Waals surface area contributed by atoms with Gasteiger partial charge in [0.05, 0.1) is 18.5 Å². The molecule has 0 bridgehead atoms. The molecule has 0 aliphatic rings. The number of methoxy groups -OCH3 is 1. The van der Waals surface area contributed by atoms with Crippen molar-refractivity contribution in [3.8, 4) is 11.1 Å². The Hall–Kier alpha value is -2.71. The summed E-state index contributed by atoms with van der Waals surface area (Å²) in [7, 11) is 3.22. The van der Waals surface area contributed by atoms with Crippen molar-refractivity contribution in [3.05, 3.63) is 52.7 Å². The first-order valence-electron chi connectivity index (χ1n) is 8.26. The number of ether oxygens (including phenoxy) is 1. The van der Waals surface area contributed by atoms with Gasteiger partial charge < -0.3 is 15.4 Å². The van der Waals surface area contributed by atoms with E-state index in [9.17, 15) is 4.79 Å². The van der Waals surface area contributed by atoms with Crippen molar-refractivity contribution in [2.75, 3.05) is 17.7 Å². The lowest BCUT2D eigenvalue weighted by Crippen LogP contribution is -2.20. The number of aryl methyl sites for hydroxylation is 3. The first kappa shape index (κ1) is 19.1. The van der Waals surface area contributed by atoms with Gasteiger partial charge in [0.2, 0.25) is 0 Å². The number of hydrogen-bond acceptors (Lipinski definition) is 5. The molecule has 0 atom stereocenters. The number of nitrogens with one attached hydrogen (secondary N) is 2. The fraction of sp³-hybridized carbons (Fsp3) is 0.211. The number of anilines is 2. The maximum Gasteiger partial charge on any atom is 0.341 e. The average molecular weight is 401 g/mol. The van der Waals surface area contributed by atoms with E-state index >= 15 is 0 Å². The predicted molar refractivity (Wildman–Crippen MR) is 114 cm³/mol. The Balaban J connectivity index is 1.94. The Morgan fingerprint density at radius 3 is 2.52 bits per heavy atom. The fourth-order valence-electron chi connectivity index (χ4n) is 2.86. The van der Waals surface area contributed by atoms with Gasteiger partial charge in [-0.25, -0.2) is 4.79 Å². The SMILES string of the molecule is COC(=O)c1c(NC(=S)Nc2cn(C)nc2C)sc(C)c1-c1ccccc1. The summed E-state index contributed by atoms with van der Waals surface area (Å²) in [6.07, 6.45) is 1.85. The summed E-state index contributed by atoms with van der Waals surface area (Å²) in [4.78, 5) is 13.5. The minimum atomic E-state index is -0.402. The predicted octanol–water partition coefficient (Wildman–Crippen LogP) is 4.36. The molecule has 3 aromatic rings. The Kier molecular flexibility index (Phi) is 5.57. The summed E-state index contributed by atoms with van der Waals surface area (Å²) in [5, 5.41) is 11.6. The smallest absolute Gasteiger partial charge is 0.341 e.